The minimum absolute atomic E-state index is 0.0214. The molecule has 19 heavy (non-hydrogen) atoms. The second-order valence-electron chi connectivity index (χ2n) is 5.18. The molecule has 1 saturated heterocycles. The number of aliphatic carboxylic acids is 1. The minimum Gasteiger partial charge on any atom is -0.481 e. The number of hydrogen-bond donors (Lipinski definition) is 1. The molecule has 0 radical (unpaired) electrons. The summed E-state index contributed by atoms with van der Waals surface area (Å²) in [6, 6.07) is 1.95. The first-order valence-electron chi connectivity index (χ1n) is 6.55. The molecule has 1 aromatic rings. The SMILES string of the molecule is CCc1cc(C(=O)N2CC(C)C(C(=O)O)C2)sc1C. The lowest BCUT2D eigenvalue weighted by molar-refractivity contribution is -0.142. The van der Waals surface area contributed by atoms with Crippen molar-refractivity contribution >= 4 is 23.2 Å². The molecule has 1 fully saturated rings. The molecule has 2 atom stereocenters. The van der Waals surface area contributed by atoms with Crippen LogP contribution in [-0.2, 0) is 11.2 Å². The van der Waals surface area contributed by atoms with E-state index in [2.05, 4.69) is 6.92 Å². The standard InChI is InChI=1S/C14H19NO3S/c1-4-10-5-12(19-9(10)3)13(16)15-6-8(2)11(7-15)14(17)18/h5,8,11H,4,6-7H2,1-3H3,(H,17,18). The van der Waals surface area contributed by atoms with E-state index in [0.29, 0.717) is 13.1 Å². The summed E-state index contributed by atoms with van der Waals surface area (Å²) >= 11 is 1.51. The first-order valence-corrected chi connectivity index (χ1v) is 7.37. The summed E-state index contributed by atoms with van der Waals surface area (Å²) < 4.78 is 0. The van der Waals surface area contributed by atoms with E-state index in [1.54, 1.807) is 4.90 Å². The molecular formula is C14H19NO3S. The van der Waals surface area contributed by atoms with Gasteiger partial charge in [0.1, 0.15) is 0 Å². The summed E-state index contributed by atoms with van der Waals surface area (Å²) in [5, 5.41) is 9.10. The van der Waals surface area contributed by atoms with E-state index < -0.39 is 11.9 Å². The van der Waals surface area contributed by atoms with Crippen LogP contribution in [0.25, 0.3) is 0 Å². The van der Waals surface area contributed by atoms with E-state index in [4.69, 9.17) is 5.11 Å². The lowest BCUT2D eigenvalue weighted by Gasteiger charge is -2.14. The first-order chi connectivity index (χ1) is 8.93. The number of nitrogens with zero attached hydrogens (tertiary/aromatic N) is 1. The average molecular weight is 281 g/mol. The van der Waals surface area contributed by atoms with Gasteiger partial charge in [-0.1, -0.05) is 13.8 Å². The number of carboxylic acid groups (broad SMARTS) is 1. The molecule has 0 saturated carbocycles. The summed E-state index contributed by atoms with van der Waals surface area (Å²) in [6.07, 6.45) is 0.920. The highest BCUT2D eigenvalue weighted by Gasteiger charge is 2.37. The van der Waals surface area contributed by atoms with Gasteiger partial charge in [-0.05, 0) is 30.9 Å². The van der Waals surface area contributed by atoms with Crippen molar-refractivity contribution in [2.24, 2.45) is 11.8 Å². The van der Waals surface area contributed by atoms with E-state index in [-0.39, 0.29) is 11.8 Å². The summed E-state index contributed by atoms with van der Waals surface area (Å²) in [7, 11) is 0. The summed E-state index contributed by atoms with van der Waals surface area (Å²) in [6.45, 7) is 6.85. The van der Waals surface area contributed by atoms with Gasteiger partial charge in [-0.2, -0.15) is 0 Å². The van der Waals surface area contributed by atoms with Crippen LogP contribution >= 0.6 is 11.3 Å². The molecule has 1 aliphatic heterocycles. The number of thiophene rings is 1. The van der Waals surface area contributed by atoms with Crippen LogP contribution in [0.1, 0.15) is 34.0 Å². The van der Waals surface area contributed by atoms with Gasteiger partial charge in [-0.25, -0.2) is 0 Å². The van der Waals surface area contributed by atoms with Crippen LogP contribution in [0.2, 0.25) is 0 Å². The number of rotatable bonds is 3. The van der Waals surface area contributed by atoms with Gasteiger partial charge in [-0.15, -0.1) is 11.3 Å². The van der Waals surface area contributed by atoms with Crippen molar-refractivity contribution in [3.63, 3.8) is 0 Å². The monoisotopic (exact) mass is 281 g/mol. The lowest BCUT2D eigenvalue weighted by Crippen LogP contribution is -2.29. The molecule has 5 heteroatoms. The van der Waals surface area contributed by atoms with Crippen molar-refractivity contribution in [3.05, 3.63) is 21.4 Å². The maximum atomic E-state index is 12.4. The molecule has 104 valence electrons. The van der Waals surface area contributed by atoms with Gasteiger partial charge in [0.05, 0.1) is 10.8 Å². The number of carboxylic acids is 1. The smallest absolute Gasteiger partial charge is 0.308 e. The Morgan fingerprint density at radius 1 is 1.47 bits per heavy atom. The summed E-state index contributed by atoms with van der Waals surface area (Å²) in [5.41, 5.74) is 1.20. The molecule has 0 bridgehead atoms. The van der Waals surface area contributed by atoms with Crippen LogP contribution in [0.3, 0.4) is 0 Å². The Bertz CT molecular complexity index is 509. The van der Waals surface area contributed by atoms with Crippen LogP contribution in [0.5, 0.6) is 0 Å². The Morgan fingerprint density at radius 3 is 2.63 bits per heavy atom. The zero-order chi connectivity index (χ0) is 14.2. The van der Waals surface area contributed by atoms with Gasteiger partial charge in [0.2, 0.25) is 0 Å². The van der Waals surface area contributed by atoms with E-state index >= 15 is 0 Å². The molecule has 1 N–H and O–H groups in total. The van der Waals surface area contributed by atoms with Gasteiger partial charge in [-0.3, -0.25) is 9.59 Å². The topological polar surface area (TPSA) is 57.6 Å². The van der Waals surface area contributed by atoms with Crippen molar-refractivity contribution < 1.29 is 14.7 Å². The summed E-state index contributed by atoms with van der Waals surface area (Å²) in [4.78, 5) is 27.0. The molecule has 0 aromatic carbocycles. The predicted molar refractivity (Wildman–Crippen MR) is 74.6 cm³/mol. The Kier molecular flexibility index (Phi) is 3.94. The maximum absolute atomic E-state index is 12.4. The third-order valence-corrected chi connectivity index (χ3v) is 4.91. The van der Waals surface area contributed by atoms with E-state index in [0.717, 1.165) is 11.3 Å². The third kappa shape index (κ3) is 2.66. The second kappa shape index (κ2) is 5.33. The summed E-state index contributed by atoms with van der Waals surface area (Å²) in [5.74, 6) is -1.24. The van der Waals surface area contributed by atoms with Crippen molar-refractivity contribution in [1.82, 2.24) is 4.90 Å². The molecule has 1 amide bonds. The van der Waals surface area contributed by atoms with Crippen molar-refractivity contribution in [1.29, 1.82) is 0 Å². The van der Waals surface area contributed by atoms with Gasteiger partial charge in [0.25, 0.3) is 5.91 Å². The number of amides is 1. The number of carbonyl (C=O) groups is 2. The number of likely N-dealkylation sites (tertiary alicyclic amines) is 1. The molecule has 1 aromatic heterocycles. The fourth-order valence-corrected chi connectivity index (χ4v) is 3.67. The highest BCUT2D eigenvalue weighted by atomic mass is 32.1. The highest BCUT2D eigenvalue weighted by Crippen LogP contribution is 2.28. The fourth-order valence-electron chi connectivity index (χ4n) is 2.59. The van der Waals surface area contributed by atoms with E-state index in [1.165, 1.54) is 21.8 Å². The Hall–Kier alpha value is -1.36. The Balaban J connectivity index is 2.14. The van der Waals surface area contributed by atoms with Crippen LogP contribution in [-0.4, -0.2) is 35.0 Å². The van der Waals surface area contributed by atoms with Crippen LogP contribution < -0.4 is 0 Å². The van der Waals surface area contributed by atoms with Gasteiger partial charge < -0.3 is 10.0 Å². The molecular weight excluding hydrogens is 262 g/mol. The molecule has 2 heterocycles. The van der Waals surface area contributed by atoms with Gasteiger partial charge in [0, 0.05) is 18.0 Å². The highest BCUT2D eigenvalue weighted by molar-refractivity contribution is 7.14. The van der Waals surface area contributed by atoms with Crippen LogP contribution in [0, 0.1) is 18.8 Å². The molecule has 0 aliphatic carbocycles. The Morgan fingerprint density at radius 2 is 2.16 bits per heavy atom. The molecule has 1 aliphatic rings. The largest absolute Gasteiger partial charge is 0.481 e. The number of hydrogen-bond acceptors (Lipinski definition) is 3. The van der Waals surface area contributed by atoms with Crippen molar-refractivity contribution in [2.75, 3.05) is 13.1 Å². The average Bonchev–Trinajstić information content (AvgIpc) is 2.91. The Labute approximate surface area is 117 Å². The molecule has 2 unspecified atom stereocenters. The number of carbonyl (C=O) groups excluding carboxylic acids is 1. The second-order valence-corrected chi connectivity index (χ2v) is 6.43. The van der Waals surface area contributed by atoms with Crippen molar-refractivity contribution in [2.45, 2.75) is 27.2 Å². The zero-order valence-electron chi connectivity index (χ0n) is 11.5. The zero-order valence-corrected chi connectivity index (χ0v) is 12.3. The van der Waals surface area contributed by atoms with Crippen LogP contribution in [0.4, 0.5) is 0 Å². The van der Waals surface area contributed by atoms with Crippen molar-refractivity contribution in [3.8, 4) is 0 Å². The fraction of sp³-hybridized carbons (Fsp3) is 0.571. The predicted octanol–water partition coefficient (Wildman–Crippen LogP) is 2.41. The van der Waals surface area contributed by atoms with E-state index in [9.17, 15) is 9.59 Å². The van der Waals surface area contributed by atoms with E-state index in [1.807, 2.05) is 19.9 Å². The maximum Gasteiger partial charge on any atom is 0.308 e. The third-order valence-electron chi connectivity index (χ3n) is 3.83. The molecule has 4 nitrogen and oxygen atoms in total. The minimum atomic E-state index is -0.806. The quantitative estimate of drug-likeness (QED) is 0.925. The molecule has 0 spiro atoms. The molecule has 2 rings (SSSR count). The van der Waals surface area contributed by atoms with Gasteiger partial charge in [0.15, 0.2) is 0 Å². The van der Waals surface area contributed by atoms with Crippen LogP contribution in [0.15, 0.2) is 6.07 Å². The number of aryl methyl sites for hydroxylation is 2. The lowest BCUT2D eigenvalue weighted by atomic mass is 9.99. The van der Waals surface area contributed by atoms with Gasteiger partial charge >= 0.3 is 5.97 Å². The first kappa shape index (κ1) is 14.1. The normalized spacial score (nSPS) is 22.8.